The van der Waals surface area contributed by atoms with Crippen LogP contribution in [0.1, 0.15) is 40.5 Å². The molecule has 4 heteroatoms. The van der Waals surface area contributed by atoms with Crippen LogP contribution >= 0.6 is 15.9 Å². The van der Waals surface area contributed by atoms with Gasteiger partial charge in [-0.15, -0.1) is 0 Å². The van der Waals surface area contributed by atoms with Gasteiger partial charge in [-0.1, -0.05) is 41.4 Å². The van der Waals surface area contributed by atoms with E-state index in [2.05, 4.69) is 15.9 Å². The Morgan fingerprint density at radius 3 is 2.29 bits per heavy atom. The second kappa shape index (κ2) is 7.22. The Hall–Kier alpha value is -1.16. The molecule has 0 aromatic heterocycles. The van der Waals surface area contributed by atoms with Gasteiger partial charge in [0.25, 0.3) is 0 Å². The lowest BCUT2D eigenvalue weighted by Gasteiger charge is -2.04. The molecule has 0 aliphatic carbocycles. The van der Waals surface area contributed by atoms with Crippen molar-refractivity contribution in [2.24, 2.45) is 0 Å². The van der Waals surface area contributed by atoms with Crippen LogP contribution in [0, 0.1) is 0 Å². The molecule has 0 fully saturated rings. The quantitative estimate of drug-likeness (QED) is 0.350. The molecular weight excluding hydrogens is 284 g/mol. The first-order chi connectivity index (χ1) is 8.19. The fourth-order valence-electron chi connectivity index (χ4n) is 1.26. The molecule has 92 valence electrons. The van der Waals surface area contributed by atoms with Crippen LogP contribution in [0.15, 0.2) is 24.3 Å². The highest BCUT2D eigenvalue weighted by molar-refractivity contribution is 9.09. The van der Waals surface area contributed by atoms with Gasteiger partial charge < -0.3 is 4.74 Å². The van der Waals surface area contributed by atoms with Gasteiger partial charge >= 0.3 is 5.97 Å². The molecule has 0 saturated heterocycles. The fraction of sp³-hybridized carbons (Fsp3) is 0.385. The molecule has 0 atom stereocenters. The van der Waals surface area contributed by atoms with Crippen molar-refractivity contribution >= 4 is 27.7 Å². The molecule has 0 unspecified atom stereocenters. The van der Waals surface area contributed by atoms with Gasteiger partial charge in [-0.2, -0.15) is 0 Å². The van der Waals surface area contributed by atoms with Crippen molar-refractivity contribution in [1.82, 2.24) is 0 Å². The zero-order valence-corrected chi connectivity index (χ0v) is 11.3. The average Bonchev–Trinajstić information content (AvgIpc) is 2.38. The second-order valence-electron chi connectivity index (χ2n) is 3.62. The Morgan fingerprint density at radius 1 is 1.18 bits per heavy atom. The summed E-state index contributed by atoms with van der Waals surface area (Å²) in [6.45, 7) is 2.48. The van der Waals surface area contributed by atoms with Crippen LogP contribution in [0.2, 0.25) is 0 Å². The summed E-state index contributed by atoms with van der Waals surface area (Å²) < 4.78 is 5.06. The van der Waals surface area contributed by atoms with Crippen molar-refractivity contribution in [3.05, 3.63) is 35.4 Å². The van der Waals surface area contributed by atoms with Gasteiger partial charge in [0.1, 0.15) is 0 Å². The molecule has 3 nitrogen and oxygen atoms in total. The highest BCUT2D eigenvalue weighted by atomic mass is 79.9. The molecule has 0 aliphatic rings. The molecular formula is C13H15BrO3. The van der Waals surface area contributed by atoms with Crippen molar-refractivity contribution < 1.29 is 14.3 Å². The molecule has 17 heavy (non-hydrogen) atoms. The van der Waals surface area contributed by atoms with Crippen LogP contribution in [0.5, 0.6) is 0 Å². The van der Waals surface area contributed by atoms with E-state index in [1.165, 1.54) is 0 Å². The third-order valence-corrected chi connectivity index (χ3v) is 2.80. The van der Waals surface area contributed by atoms with Crippen molar-refractivity contribution in [3.63, 3.8) is 0 Å². The summed E-state index contributed by atoms with van der Waals surface area (Å²) in [6, 6.07) is 6.51. The summed E-state index contributed by atoms with van der Waals surface area (Å²) in [6.07, 6.45) is 1.86. The van der Waals surface area contributed by atoms with Crippen LogP contribution in [-0.2, 0) is 4.74 Å². The number of benzene rings is 1. The molecule has 0 heterocycles. The van der Waals surface area contributed by atoms with Crippen LogP contribution in [0.4, 0.5) is 0 Å². The highest BCUT2D eigenvalue weighted by Gasteiger charge is 2.08. The van der Waals surface area contributed by atoms with E-state index in [9.17, 15) is 9.59 Å². The van der Waals surface area contributed by atoms with Crippen LogP contribution < -0.4 is 0 Å². The average molecular weight is 299 g/mol. The smallest absolute Gasteiger partial charge is 0.338 e. The number of ketones is 1. The lowest BCUT2D eigenvalue weighted by molar-refractivity contribution is 0.0499. The second-order valence-corrected chi connectivity index (χ2v) is 4.18. The zero-order valence-electron chi connectivity index (χ0n) is 9.74. The number of Topliss-reactive ketones (excluding diaryl/α,β-unsaturated/α-hetero) is 1. The Labute approximate surface area is 109 Å². The van der Waals surface area contributed by atoms with E-state index < -0.39 is 0 Å². The molecule has 0 N–H and O–H groups in total. The van der Waals surface area contributed by atoms with E-state index in [4.69, 9.17) is 4.74 Å². The largest absolute Gasteiger partial charge is 0.462 e. The number of halogens is 1. The van der Waals surface area contributed by atoms with Crippen LogP contribution in [0.3, 0.4) is 0 Å². The van der Waals surface area contributed by atoms with E-state index >= 15 is 0 Å². The lowest BCUT2D eigenvalue weighted by Crippen LogP contribution is -2.07. The van der Waals surface area contributed by atoms with Gasteiger partial charge in [-0.05, 0) is 18.6 Å². The maximum absolute atomic E-state index is 11.6. The van der Waals surface area contributed by atoms with Crippen molar-refractivity contribution in [1.29, 1.82) is 0 Å². The van der Waals surface area contributed by atoms with Gasteiger partial charge in [-0.25, -0.2) is 4.79 Å². The molecule has 0 saturated carbocycles. The minimum atomic E-state index is -0.337. The Bertz CT molecular complexity index is 384. The lowest BCUT2D eigenvalue weighted by atomic mass is 10.1. The van der Waals surface area contributed by atoms with Gasteiger partial charge in [-0.3, -0.25) is 4.79 Å². The summed E-state index contributed by atoms with van der Waals surface area (Å²) in [5.41, 5.74) is 1.07. The van der Waals surface area contributed by atoms with Gasteiger partial charge in [0.2, 0.25) is 0 Å². The van der Waals surface area contributed by atoms with Crippen molar-refractivity contribution in [2.45, 2.75) is 19.8 Å². The van der Waals surface area contributed by atoms with Crippen LogP contribution in [0.25, 0.3) is 0 Å². The minimum Gasteiger partial charge on any atom is -0.462 e. The number of esters is 1. The minimum absolute atomic E-state index is 0.00380. The molecule has 0 amide bonds. The zero-order chi connectivity index (χ0) is 12.7. The maximum atomic E-state index is 11.6. The third-order valence-electron chi connectivity index (χ3n) is 2.29. The highest BCUT2D eigenvalue weighted by Crippen LogP contribution is 2.08. The Kier molecular flexibility index (Phi) is 5.91. The molecule has 1 aromatic carbocycles. The SMILES string of the molecule is CCCCOC(=O)c1ccc(C(=O)CBr)cc1. The Morgan fingerprint density at radius 2 is 1.76 bits per heavy atom. The van der Waals surface area contributed by atoms with Gasteiger partial charge in [0.15, 0.2) is 5.78 Å². The van der Waals surface area contributed by atoms with E-state index in [0.29, 0.717) is 17.7 Å². The predicted octanol–water partition coefficient (Wildman–Crippen LogP) is 3.22. The van der Waals surface area contributed by atoms with Gasteiger partial charge in [0.05, 0.1) is 17.5 Å². The number of hydrogen-bond acceptors (Lipinski definition) is 3. The van der Waals surface area contributed by atoms with E-state index in [-0.39, 0.29) is 17.1 Å². The topological polar surface area (TPSA) is 43.4 Å². The molecule has 0 bridgehead atoms. The summed E-state index contributed by atoms with van der Waals surface area (Å²) >= 11 is 3.10. The van der Waals surface area contributed by atoms with Crippen molar-refractivity contribution in [2.75, 3.05) is 11.9 Å². The fourth-order valence-corrected chi connectivity index (χ4v) is 1.59. The number of alkyl halides is 1. The molecule has 1 rings (SSSR count). The van der Waals surface area contributed by atoms with E-state index in [0.717, 1.165) is 12.8 Å². The number of ether oxygens (including phenoxy) is 1. The number of hydrogen-bond donors (Lipinski definition) is 0. The summed E-state index contributed by atoms with van der Waals surface area (Å²) in [4.78, 5) is 22.9. The summed E-state index contributed by atoms with van der Waals surface area (Å²) in [5, 5.41) is 0.285. The van der Waals surface area contributed by atoms with Gasteiger partial charge in [0, 0.05) is 5.56 Å². The predicted molar refractivity (Wildman–Crippen MR) is 69.8 cm³/mol. The molecule has 0 spiro atoms. The Balaban J connectivity index is 2.61. The molecule has 0 radical (unpaired) electrons. The van der Waals surface area contributed by atoms with E-state index in [1.807, 2.05) is 6.92 Å². The van der Waals surface area contributed by atoms with Crippen molar-refractivity contribution in [3.8, 4) is 0 Å². The molecule has 0 aliphatic heterocycles. The normalized spacial score (nSPS) is 10.0. The summed E-state index contributed by atoms with van der Waals surface area (Å²) in [5.74, 6) is -0.341. The number of unbranched alkanes of at least 4 members (excludes halogenated alkanes) is 1. The first-order valence-electron chi connectivity index (χ1n) is 5.55. The number of carbonyl (C=O) groups is 2. The number of carbonyl (C=O) groups excluding carboxylic acids is 2. The first kappa shape index (κ1) is 13.9. The number of rotatable bonds is 6. The summed E-state index contributed by atoms with van der Waals surface area (Å²) in [7, 11) is 0. The monoisotopic (exact) mass is 298 g/mol. The van der Waals surface area contributed by atoms with E-state index in [1.54, 1.807) is 24.3 Å². The standard InChI is InChI=1S/C13H15BrO3/c1-2-3-8-17-13(16)11-6-4-10(5-7-11)12(15)9-14/h4-7H,2-3,8-9H2,1H3. The van der Waals surface area contributed by atoms with Crippen LogP contribution in [-0.4, -0.2) is 23.7 Å². The first-order valence-corrected chi connectivity index (χ1v) is 6.67. The molecule has 1 aromatic rings. The third kappa shape index (κ3) is 4.30. The maximum Gasteiger partial charge on any atom is 0.338 e.